The lowest BCUT2D eigenvalue weighted by molar-refractivity contribution is 0.0520. The molecule has 0 fully saturated rings. The number of aromatic nitrogens is 1. The maximum Gasteiger partial charge on any atom is 0.408 e. The second-order valence-corrected chi connectivity index (χ2v) is 6.52. The summed E-state index contributed by atoms with van der Waals surface area (Å²) in [5.41, 5.74) is 1.17. The molecule has 0 bridgehead atoms. The molecule has 6 nitrogen and oxygen atoms in total. The molecule has 0 aliphatic rings. The average molecular weight is 340 g/mol. The number of alkyl carbamates (subject to hydrolysis) is 1. The highest BCUT2D eigenvalue weighted by atomic mass is 16.6. The predicted molar refractivity (Wildman–Crippen MR) is 92.7 cm³/mol. The largest absolute Gasteiger partial charge is 0.464 e. The van der Waals surface area contributed by atoms with Crippen LogP contribution in [0.4, 0.5) is 4.79 Å². The predicted octanol–water partition coefficient (Wildman–Crippen LogP) is 4.63. The molecule has 3 aromatic heterocycles. The van der Waals surface area contributed by atoms with E-state index in [1.807, 2.05) is 51.1 Å². The second kappa shape index (κ2) is 6.84. The number of amides is 1. The number of furan rings is 2. The third kappa shape index (κ3) is 4.29. The van der Waals surface area contributed by atoms with Crippen LogP contribution in [0, 0.1) is 0 Å². The summed E-state index contributed by atoms with van der Waals surface area (Å²) < 4.78 is 16.5. The first-order valence-electron chi connectivity index (χ1n) is 7.96. The number of nitrogens with one attached hydrogen (secondary N) is 1. The zero-order valence-electron chi connectivity index (χ0n) is 14.4. The van der Waals surface area contributed by atoms with Crippen molar-refractivity contribution in [3.05, 3.63) is 54.7 Å². The summed E-state index contributed by atoms with van der Waals surface area (Å²) >= 11 is 0. The van der Waals surface area contributed by atoms with Crippen LogP contribution in [0.2, 0.25) is 0 Å². The molecular weight excluding hydrogens is 320 g/mol. The molecule has 0 aliphatic carbocycles. The molecule has 3 rings (SSSR count). The molecule has 0 unspecified atom stereocenters. The normalized spacial score (nSPS) is 11.3. The lowest BCUT2D eigenvalue weighted by Crippen LogP contribution is -2.32. The number of nitrogens with zero attached hydrogens (tertiary/aromatic N) is 1. The Kier molecular flexibility index (Phi) is 4.61. The third-order valence-electron chi connectivity index (χ3n) is 3.34. The first kappa shape index (κ1) is 16.8. The fraction of sp³-hybridized carbons (Fsp3) is 0.263. The Morgan fingerprint density at radius 2 is 2.00 bits per heavy atom. The van der Waals surface area contributed by atoms with Crippen molar-refractivity contribution in [1.29, 1.82) is 0 Å². The van der Waals surface area contributed by atoms with Gasteiger partial charge in [-0.25, -0.2) is 4.79 Å². The number of carbonyl (C=O) groups is 1. The minimum Gasteiger partial charge on any atom is -0.464 e. The van der Waals surface area contributed by atoms with E-state index in [4.69, 9.17) is 13.6 Å². The van der Waals surface area contributed by atoms with Crippen LogP contribution in [0.15, 0.2) is 57.8 Å². The van der Waals surface area contributed by atoms with E-state index in [1.54, 1.807) is 18.7 Å². The van der Waals surface area contributed by atoms with Gasteiger partial charge in [0, 0.05) is 23.5 Å². The van der Waals surface area contributed by atoms with E-state index in [1.165, 1.54) is 0 Å². The molecule has 0 saturated heterocycles. The summed E-state index contributed by atoms with van der Waals surface area (Å²) in [7, 11) is 0. The van der Waals surface area contributed by atoms with Crippen LogP contribution in [0.5, 0.6) is 0 Å². The van der Waals surface area contributed by atoms with Gasteiger partial charge in [-0.05, 0) is 51.1 Å². The van der Waals surface area contributed by atoms with Gasteiger partial charge in [0.05, 0.1) is 12.8 Å². The lowest BCUT2D eigenvalue weighted by atomic mass is 10.1. The monoisotopic (exact) mass is 340 g/mol. The highest BCUT2D eigenvalue weighted by molar-refractivity contribution is 5.77. The van der Waals surface area contributed by atoms with Crippen molar-refractivity contribution in [2.45, 2.75) is 32.9 Å². The van der Waals surface area contributed by atoms with Gasteiger partial charge in [0.1, 0.15) is 22.9 Å². The molecule has 0 atom stereocenters. The van der Waals surface area contributed by atoms with Crippen molar-refractivity contribution in [3.8, 4) is 22.6 Å². The molecule has 6 heteroatoms. The van der Waals surface area contributed by atoms with Crippen molar-refractivity contribution >= 4 is 6.09 Å². The van der Waals surface area contributed by atoms with Crippen LogP contribution in [0.1, 0.15) is 26.5 Å². The summed E-state index contributed by atoms with van der Waals surface area (Å²) in [4.78, 5) is 15.9. The standard InChI is InChI=1S/C19H20N2O4/c1-19(2,3)25-18(22)21-11-13-6-7-17(24-13)15-12-20-9-8-14(15)16-5-4-10-23-16/h4-10,12H,11H2,1-3H3,(H,21,22). The minimum absolute atomic E-state index is 0.241. The molecule has 3 aromatic rings. The van der Waals surface area contributed by atoms with Crippen LogP contribution < -0.4 is 5.32 Å². The van der Waals surface area contributed by atoms with Crippen LogP contribution in [0.3, 0.4) is 0 Å². The number of hydrogen-bond donors (Lipinski definition) is 1. The Morgan fingerprint density at radius 1 is 1.16 bits per heavy atom. The molecule has 0 saturated carbocycles. The quantitative estimate of drug-likeness (QED) is 0.749. The maximum atomic E-state index is 11.7. The first-order chi connectivity index (χ1) is 11.9. The fourth-order valence-electron chi connectivity index (χ4n) is 2.33. The smallest absolute Gasteiger partial charge is 0.408 e. The van der Waals surface area contributed by atoms with Gasteiger partial charge in [0.2, 0.25) is 0 Å². The summed E-state index contributed by atoms with van der Waals surface area (Å²) in [6.07, 6.45) is 4.57. The Hall–Kier alpha value is -3.02. The Bertz CT molecular complexity index is 844. The highest BCUT2D eigenvalue weighted by Crippen LogP contribution is 2.32. The Balaban J connectivity index is 1.74. The Morgan fingerprint density at radius 3 is 2.72 bits per heavy atom. The number of hydrogen-bond acceptors (Lipinski definition) is 5. The molecular formula is C19H20N2O4. The van der Waals surface area contributed by atoms with Gasteiger partial charge in [-0.15, -0.1) is 0 Å². The molecule has 0 aromatic carbocycles. The summed E-state index contributed by atoms with van der Waals surface area (Å²) in [5, 5.41) is 2.67. The Labute approximate surface area is 145 Å². The lowest BCUT2D eigenvalue weighted by Gasteiger charge is -2.19. The van der Waals surface area contributed by atoms with E-state index >= 15 is 0 Å². The number of carbonyl (C=O) groups excluding carboxylic acids is 1. The van der Waals surface area contributed by atoms with Crippen molar-refractivity contribution in [3.63, 3.8) is 0 Å². The summed E-state index contributed by atoms with van der Waals surface area (Å²) in [5.74, 6) is 2.01. The van der Waals surface area contributed by atoms with Gasteiger partial charge in [-0.2, -0.15) is 0 Å². The van der Waals surface area contributed by atoms with Gasteiger partial charge in [-0.3, -0.25) is 4.98 Å². The second-order valence-electron chi connectivity index (χ2n) is 6.52. The van der Waals surface area contributed by atoms with Crippen LogP contribution >= 0.6 is 0 Å². The van der Waals surface area contributed by atoms with Gasteiger partial charge in [0.15, 0.2) is 0 Å². The zero-order valence-corrected chi connectivity index (χ0v) is 14.4. The minimum atomic E-state index is -0.536. The van der Waals surface area contributed by atoms with Gasteiger partial charge in [-0.1, -0.05) is 0 Å². The zero-order chi connectivity index (χ0) is 17.9. The van der Waals surface area contributed by atoms with Crippen LogP contribution in [0.25, 0.3) is 22.6 Å². The maximum absolute atomic E-state index is 11.7. The van der Waals surface area contributed by atoms with E-state index in [-0.39, 0.29) is 6.54 Å². The van der Waals surface area contributed by atoms with Gasteiger partial charge < -0.3 is 18.9 Å². The van der Waals surface area contributed by atoms with Crippen molar-refractivity contribution < 1.29 is 18.4 Å². The van der Waals surface area contributed by atoms with E-state index in [0.29, 0.717) is 11.5 Å². The van der Waals surface area contributed by atoms with Crippen molar-refractivity contribution in [1.82, 2.24) is 10.3 Å². The van der Waals surface area contributed by atoms with Gasteiger partial charge in [0.25, 0.3) is 0 Å². The number of rotatable bonds is 4. The van der Waals surface area contributed by atoms with Gasteiger partial charge >= 0.3 is 6.09 Å². The fourth-order valence-corrected chi connectivity index (χ4v) is 2.33. The molecule has 1 N–H and O–H groups in total. The van der Waals surface area contributed by atoms with Crippen molar-refractivity contribution in [2.24, 2.45) is 0 Å². The summed E-state index contributed by atoms with van der Waals surface area (Å²) in [6, 6.07) is 9.24. The third-order valence-corrected chi connectivity index (χ3v) is 3.34. The first-order valence-corrected chi connectivity index (χ1v) is 7.96. The van der Waals surface area contributed by atoms with Crippen LogP contribution in [-0.2, 0) is 11.3 Å². The van der Waals surface area contributed by atoms with E-state index in [2.05, 4.69) is 10.3 Å². The molecule has 0 radical (unpaired) electrons. The SMILES string of the molecule is CC(C)(C)OC(=O)NCc1ccc(-c2cnccc2-c2ccco2)o1. The number of ether oxygens (including phenoxy) is 1. The summed E-state index contributed by atoms with van der Waals surface area (Å²) in [6.45, 7) is 5.69. The van der Waals surface area contributed by atoms with Crippen LogP contribution in [-0.4, -0.2) is 16.7 Å². The highest BCUT2D eigenvalue weighted by Gasteiger charge is 2.17. The average Bonchev–Trinajstić information content (AvgIpc) is 3.23. The van der Waals surface area contributed by atoms with E-state index in [9.17, 15) is 4.79 Å². The molecule has 0 aliphatic heterocycles. The molecule has 130 valence electrons. The molecule has 0 spiro atoms. The van der Waals surface area contributed by atoms with Crippen molar-refractivity contribution in [2.75, 3.05) is 0 Å². The topological polar surface area (TPSA) is 77.5 Å². The van der Waals surface area contributed by atoms with E-state index in [0.717, 1.165) is 16.9 Å². The van der Waals surface area contributed by atoms with E-state index < -0.39 is 11.7 Å². The molecule has 3 heterocycles. The molecule has 25 heavy (non-hydrogen) atoms. The number of pyridine rings is 1. The molecule has 1 amide bonds.